The third-order valence-electron chi connectivity index (χ3n) is 1.41. The predicted octanol–water partition coefficient (Wildman–Crippen LogP) is 2.36. The third-order valence-corrected chi connectivity index (χ3v) is 1.41. The lowest BCUT2D eigenvalue weighted by molar-refractivity contribution is 0.524. The van der Waals surface area contributed by atoms with Gasteiger partial charge >= 0.3 is 0 Å². The standard InChI is InChI=1S/C7H11N3/c1-7(2,3)5-4-9-10-6(5)8/h4,8H,1-3H3. The van der Waals surface area contributed by atoms with E-state index < -0.39 is 0 Å². The van der Waals surface area contributed by atoms with Gasteiger partial charge in [-0.25, -0.2) is 0 Å². The molecule has 0 aromatic carbocycles. The van der Waals surface area contributed by atoms with Crippen molar-refractivity contribution in [3.05, 3.63) is 11.8 Å². The second-order valence-corrected chi connectivity index (χ2v) is 3.36. The van der Waals surface area contributed by atoms with E-state index >= 15 is 0 Å². The highest BCUT2D eigenvalue weighted by molar-refractivity contribution is 5.98. The van der Waals surface area contributed by atoms with Crippen molar-refractivity contribution in [1.82, 2.24) is 0 Å². The molecule has 0 aliphatic carbocycles. The smallest absolute Gasteiger partial charge is 0.172 e. The summed E-state index contributed by atoms with van der Waals surface area (Å²) in [5.41, 5.74) is 0.910. The van der Waals surface area contributed by atoms with E-state index in [4.69, 9.17) is 5.41 Å². The Kier molecular flexibility index (Phi) is 1.43. The van der Waals surface area contributed by atoms with E-state index in [9.17, 15) is 0 Å². The van der Waals surface area contributed by atoms with Gasteiger partial charge in [0.25, 0.3) is 0 Å². The van der Waals surface area contributed by atoms with Crippen molar-refractivity contribution in [1.29, 1.82) is 5.41 Å². The molecule has 0 aromatic heterocycles. The van der Waals surface area contributed by atoms with Crippen molar-refractivity contribution in [2.24, 2.45) is 15.6 Å². The van der Waals surface area contributed by atoms with Crippen LogP contribution in [0.2, 0.25) is 0 Å². The number of rotatable bonds is 0. The Labute approximate surface area is 60.4 Å². The maximum absolute atomic E-state index is 7.33. The first kappa shape index (κ1) is 7.12. The lowest BCUT2D eigenvalue weighted by Crippen LogP contribution is -2.13. The molecular formula is C7H11N3. The van der Waals surface area contributed by atoms with Crippen LogP contribution >= 0.6 is 0 Å². The van der Waals surface area contributed by atoms with Crippen molar-refractivity contribution in [3.63, 3.8) is 0 Å². The van der Waals surface area contributed by atoms with Gasteiger partial charge in [-0.1, -0.05) is 20.8 Å². The molecule has 0 radical (unpaired) electrons. The van der Waals surface area contributed by atoms with Crippen LogP contribution in [0.15, 0.2) is 22.0 Å². The summed E-state index contributed by atoms with van der Waals surface area (Å²) in [5.74, 6) is 0.299. The minimum atomic E-state index is 0.000579. The predicted molar refractivity (Wildman–Crippen MR) is 40.1 cm³/mol. The molecule has 10 heavy (non-hydrogen) atoms. The Hall–Kier alpha value is -0.990. The van der Waals surface area contributed by atoms with Crippen molar-refractivity contribution in [2.75, 3.05) is 0 Å². The van der Waals surface area contributed by atoms with Crippen molar-refractivity contribution in [2.45, 2.75) is 20.8 Å². The summed E-state index contributed by atoms with van der Waals surface area (Å²) in [4.78, 5) is 0. The minimum absolute atomic E-state index is 0.000579. The van der Waals surface area contributed by atoms with E-state index in [0.717, 1.165) is 5.57 Å². The topological polar surface area (TPSA) is 48.6 Å². The highest BCUT2D eigenvalue weighted by atomic mass is 15.1. The highest BCUT2D eigenvalue weighted by Crippen LogP contribution is 2.28. The molecule has 1 heterocycles. The van der Waals surface area contributed by atoms with E-state index in [1.165, 1.54) is 0 Å². The number of azo groups is 1. The third kappa shape index (κ3) is 1.12. The summed E-state index contributed by atoms with van der Waals surface area (Å²) in [6.07, 6.45) is 1.66. The second kappa shape index (κ2) is 2.01. The normalized spacial score (nSPS) is 17.9. The van der Waals surface area contributed by atoms with Gasteiger partial charge in [0, 0.05) is 5.57 Å². The molecule has 0 fully saturated rings. The van der Waals surface area contributed by atoms with Gasteiger partial charge in [0.2, 0.25) is 0 Å². The number of nitrogens with zero attached hydrogens (tertiary/aromatic N) is 2. The van der Waals surface area contributed by atoms with Crippen molar-refractivity contribution >= 4 is 5.84 Å². The molecule has 0 saturated heterocycles. The molecule has 0 unspecified atom stereocenters. The summed E-state index contributed by atoms with van der Waals surface area (Å²) in [7, 11) is 0. The Balaban J connectivity index is 2.88. The van der Waals surface area contributed by atoms with Crippen molar-refractivity contribution in [3.8, 4) is 0 Å². The fourth-order valence-electron chi connectivity index (χ4n) is 0.808. The molecular weight excluding hydrogens is 126 g/mol. The molecule has 3 nitrogen and oxygen atoms in total. The maximum atomic E-state index is 7.33. The molecule has 1 aliphatic rings. The second-order valence-electron chi connectivity index (χ2n) is 3.36. The molecule has 0 atom stereocenters. The molecule has 0 amide bonds. The summed E-state index contributed by atoms with van der Waals surface area (Å²) in [6, 6.07) is 0. The van der Waals surface area contributed by atoms with Crippen LogP contribution < -0.4 is 0 Å². The van der Waals surface area contributed by atoms with E-state index in [1.807, 2.05) is 20.8 Å². The molecule has 0 saturated carbocycles. The number of hydrogen-bond donors (Lipinski definition) is 1. The Morgan fingerprint density at radius 3 is 2.20 bits per heavy atom. The minimum Gasteiger partial charge on any atom is -0.281 e. The number of hydrogen-bond acceptors (Lipinski definition) is 2. The van der Waals surface area contributed by atoms with Crippen LogP contribution in [-0.2, 0) is 0 Å². The maximum Gasteiger partial charge on any atom is 0.172 e. The van der Waals surface area contributed by atoms with Gasteiger partial charge in [0.05, 0.1) is 6.20 Å². The monoisotopic (exact) mass is 137 g/mol. The van der Waals surface area contributed by atoms with Gasteiger partial charge < -0.3 is 0 Å². The molecule has 0 spiro atoms. The lowest BCUT2D eigenvalue weighted by Gasteiger charge is -2.17. The number of amidine groups is 1. The van der Waals surface area contributed by atoms with Crippen LogP contribution in [0.25, 0.3) is 0 Å². The summed E-state index contributed by atoms with van der Waals surface area (Å²) < 4.78 is 0. The van der Waals surface area contributed by atoms with E-state index in [2.05, 4.69) is 10.2 Å². The first-order valence-corrected chi connectivity index (χ1v) is 3.22. The fourth-order valence-corrected chi connectivity index (χ4v) is 0.808. The van der Waals surface area contributed by atoms with Crippen LogP contribution in [0.1, 0.15) is 20.8 Å². The van der Waals surface area contributed by atoms with Gasteiger partial charge in [-0.2, -0.15) is 5.11 Å². The summed E-state index contributed by atoms with van der Waals surface area (Å²) in [5, 5.41) is 14.6. The van der Waals surface area contributed by atoms with Gasteiger partial charge in [0.1, 0.15) is 0 Å². The molecule has 1 rings (SSSR count). The van der Waals surface area contributed by atoms with Crippen molar-refractivity contribution < 1.29 is 0 Å². The molecule has 1 N–H and O–H groups in total. The van der Waals surface area contributed by atoms with Gasteiger partial charge in [-0.15, -0.1) is 5.11 Å². The van der Waals surface area contributed by atoms with Crippen LogP contribution in [0.3, 0.4) is 0 Å². The summed E-state index contributed by atoms with van der Waals surface area (Å²) >= 11 is 0. The van der Waals surface area contributed by atoms with Crippen LogP contribution in [0, 0.1) is 10.8 Å². The molecule has 54 valence electrons. The van der Waals surface area contributed by atoms with E-state index in [-0.39, 0.29) is 5.41 Å². The molecule has 0 bridgehead atoms. The SMILES string of the molecule is CC(C)(C)C1=CN=NC1=N. The van der Waals surface area contributed by atoms with Crippen LogP contribution in [0.4, 0.5) is 0 Å². The molecule has 1 aliphatic heterocycles. The Bertz CT molecular complexity index is 217. The zero-order valence-electron chi connectivity index (χ0n) is 6.47. The van der Waals surface area contributed by atoms with Crippen LogP contribution in [0.5, 0.6) is 0 Å². The highest BCUT2D eigenvalue weighted by Gasteiger charge is 2.23. The molecule has 3 heteroatoms. The molecule has 0 aromatic rings. The Morgan fingerprint density at radius 1 is 1.40 bits per heavy atom. The van der Waals surface area contributed by atoms with Gasteiger partial charge in [0.15, 0.2) is 5.84 Å². The van der Waals surface area contributed by atoms with E-state index in [0.29, 0.717) is 5.84 Å². The zero-order chi connectivity index (χ0) is 7.78. The lowest BCUT2D eigenvalue weighted by atomic mass is 9.87. The Morgan fingerprint density at radius 2 is 2.00 bits per heavy atom. The zero-order valence-corrected chi connectivity index (χ0v) is 6.47. The summed E-state index contributed by atoms with van der Waals surface area (Å²) in [6.45, 7) is 6.14. The number of nitrogens with one attached hydrogen (secondary N) is 1. The largest absolute Gasteiger partial charge is 0.281 e. The van der Waals surface area contributed by atoms with Gasteiger partial charge in [-0.05, 0) is 5.41 Å². The van der Waals surface area contributed by atoms with E-state index in [1.54, 1.807) is 6.20 Å². The average molecular weight is 137 g/mol. The first-order valence-electron chi connectivity index (χ1n) is 3.22. The average Bonchev–Trinajstić information content (AvgIpc) is 2.11. The first-order chi connectivity index (χ1) is 4.52. The van der Waals surface area contributed by atoms with Gasteiger partial charge in [-0.3, -0.25) is 5.41 Å². The van der Waals surface area contributed by atoms with Crippen LogP contribution in [-0.4, -0.2) is 5.84 Å². The quantitative estimate of drug-likeness (QED) is 0.533. The fraction of sp³-hybridized carbons (Fsp3) is 0.571.